The maximum absolute atomic E-state index is 6.20. The van der Waals surface area contributed by atoms with Crippen LogP contribution in [-0.2, 0) is 12.8 Å². The number of benzene rings is 2. The Bertz CT molecular complexity index is 570. The van der Waals surface area contributed by atoms with Gasteiger partial charge >= 0.3 is 0 Å². The molecule has 0 radical (unpaired) electrons. The molecule has 0 bridgehead atoms. The van der Waals surface area contributed by atoms with Gasteiger partial charge in [-0.3, -0.25) is 11.3 Å². The number of nitrogens with two attached hydrogens (primary N) is 1. The normalized spacial score (nSPS) is 12.4. The summed E-state index contributed by atoms with van der Waals surface area (Å²) in [5.74, 6) is 5.66. The van der Waals surface area contributed by atoms with Crippen molar-refractivity contribution in [2.24, 2.45) is 5.84 Å². The van der Waals surface area contributed by atoms with Crippen LogP contribution in [0.25, 0.3) is 0 Å². The van der Waals surface area contributed by atoms with Crippen molar-refractivity contribution in [3.8, 4) is 0 Å². The first-order chi connectivity index (χ1) is 9.60. The van der Waals surface area contributed by atoms with Crippen LogP contribution in [0, 0.1) is 0 Å². The molecule has 106 valence electrons. The largest absolute Gasteiger partial charge is 0.271 e. The first kappa shape index (κ1) is 15.8. The van der Waals surface area contributed by atoms with E-state index in [0.717, 1.165) is 16.5 Å². The van der Waals surface area contributed by atoms with Crippen LogP contribution >= 0.6 is 39.1 Å². The van der Waals surface area contributed by atoms with E-state index in [1.807, 2.05) is 30.3 Å². The summed E-state index contributed by atoms with van der Waals surface area (Å²) >= 11 is 15.9. The molecule has 1 atom stereocenters. The number of nitrogens with one attached hydrogen (secondary N) is 1. The summed E-state index contributed by atoms with van der Waals surface area (Å²) < 4.78 is 1.06. The van der Waals surface area contributed by atoms with Crippen LogP contribution in [0.3, 0.4) is 0 Å². The van der Waals surface area contributed by atoms with E-state index < -0.39 is 0 Å². The van der Waals surface area contributed by atoms with Crippen molar-refractivity contribution >= 4 is 39.1 Å². The predicted molar refractivity (Wildman–Crippen MR) is 89.1 cm³/mol. The monoisotopic (exact) mass is 372 g/mol. The van der Waals surface area contributed by atoms with Crippen LogP contribution < -0.4 is 11.3 Å². The third-order valence-corrected chi connectivity index (χ3v) is 4.32. The molecule has 0 saturated carbocycles. The number of hydrazine groups is 1. The van der Waals surface area contributed by atoms with Gasteiger partial charge in [0.1, 0.15) is 0 Å². The number of hydrogen-bond acceptors (Lipinski definition) is 2. The van der Waals surface area contributed by atoms with E-state index in [4.69, 9.17) is 29.0 Å². The molecular formula is C15H15BrCl2N2. The van der Waals surface area contributed by atoms with E-state index in [2.05, 4.69) is 33.5 Å². The molecule has 2 aromatic rings. The number of halogens is 3. The van der Waals surface area contributed by atoms with Crippen molar-refractivity contribution < 1.29 is 0 Å². The molecule has 0 aromatic heterocycles. The van der Waals surface area contributed by atoms with Gasteiger partial charge in [0.25, 0.3) is 0 Å². The summed E-state index contributed by atoms with van der Waals surface area (Å²) in [4.78, 5) is 0. The summed E-state index contributed by atoms with van der Waals surface area (Å²) in [5, 5.41) is 1.35. The molecule has 0 aliphatic rings. The predicted octanol–water partition coefficient (Wildman–Crippen LogP) is 4.37. The quantitative estimate of drug-likeness (QED) is 0.603. The minimum Gasteiger partial charge on any atom is -0.271 e. The Hall–Kier alpha value is -0.580. The van der Waals surface area contributed by atoms with Crippen LogP contribution in [0.5, 0.6) is 0 Å². The maximum atomic E-state index is 6.20. The fourth-order valence-corrected chi connectivity index (χ4v) is 3.11. The summed E-state index contributed by atoms with van der Waals surface area (Å²) in [7, 11) is 0. The zero-order valence-corrected chi connectivity index (χ0v) is 13.8. The second-order valence-electron chi connectivity index (χ2n) is 4.60. The highest BCUT2D eigenvalue weighted by Crippen LogP contribution is 2.26. The highest BCUT2D eigenvalue weighted by molar-refractivity contribution is 9.10. The van der Waals surface area contributed by atoms with Gasteiger partial charge in [0.15, 0.2) is 0 Å². The van der Waals surface area contributed by atoms with Gasteiger partial charge in [-0.05, 0) is 48.2 Å². The second-order valence-corrected chi connectivity index (χ2v) is 6.33. The van der Waals surface area contributed by atoms with Gasteiger partial charge in [-0.2, -0.15) is 0 Å². The molecule has 0 saturated heterocycles. The Morgan fingerprint density at radius 2 is 1.70 bits per heavy atom. The van der Waals surface area contributed by atoms with Crippen molar-refractivity contribution in [2.75, 3.05) is 0 Å². The van der Waals surface area contributed by atoms with Crippen LogP contribution in [0.2, 0.25) is 10.0 Å². The Balaban J connectivity index is 2.13. The molecule has 2 rings (SSSR count). The average molecular weight is 374 g/mol. The zero-order valence-electron chi connectivity index (χ0n) is 10.7. The van der Waals surface area contributed by atoms with Crippen LogP contribution in [0.4, 0.5) is 0 Å². The molecular weight excluding hydrogens is 359 g/mol. The molecule has 0 spiro atoms. The minimum absolute atomic E-state index is 0.0710. The Morgan fingerprint density at radius 3 is 2.30 bits per heavy atom. The first-order valence-electron chi connectivity index (χ1n) is 6.23. The smallest absolute Gasteiger partial charge is 0.0453 e. The van der Waals surface area contributed by atoms with Crippen molar-refractivity contribution in [2.45, 2.75) is 18.9 Å². The third-order valence-electron chi connectivity index (χ3n) is 3.12. The summed E-state index contributed by atoms with van der Waals surface area (Å²) in [6, 6.07) is 13.8. The van der Waals surface area contributed by atoms with E-state index in [1.54, 1.807) is 0 Å². The van der Waals surface area contributed by atoms with Gasteiger partial charge in [-0.25, -0.2) is 0 Å². The third kappa shape index (κ3) is 4.21. The standard InChI is InChI=1S/C15H15BrCl2N2/c16-11-4-1-3-10(7-11)8-12(20-19)9-13-14(17)5-2-6-15(13)18/h1-7,12,20H,8-9,19H2. The molecule has 3 N–H and O–H groups in total. The topological polar surface area (TPSA) is 38.0 Å². The van der Waals surface area contributed by atoms with Crippen molar-refractivity contribution in [1.82, 2.24) is 5.43 Å². The summed E-state index contributed by atoms with van der Waals surface area (Å²) in [6.07, 6.45) is 1.49. The molecule has 2 nitrogen and oxygen atoms in total. The highest BCUT2D eigenvalue weighted by atomic mass is 79.9. The molecule has 0 amide bonds. The van der Waals surface area contributed by atoms with Crippen LogP contribution in [0.1, 0.15) is 11.1 Å². The average Bonchev–Trinajstić information content (AvgIpc) is 2.42. The highest BCUT2D eigenvalue weighted by Gasteiger charge is 2.13. The number of hydrogen-bond donors (Lipinski definition) is 2. The number of rotatable bonds is 5. The van der Waals surface area contributed by atoms with Crippen LogP contribution in [-0.4, -0.2) is 6.04 Å². The van der Waals surface area contributed by atoms with Crippen molar-refractivity contribution in [1.29, 1.82) is 0 Å². The van der Waals surface area contributed by atoms with E-state index in [-0.39, 0.29) is 6.04 Å². The van der Waals surface area contributed by atoms with E-state index >= 15 is 0 Å². The zero-order chi connectivity index (χ0) is 14.5. The Kier molecular flexibility index (Phi) is 5.87. The Labute approximate surface area is 137 Å². The molecule has 0 aliphatic carbocycles. The summed E-state index contributed by atoms with van der Waals surface area (Å²) in [5.41, 5.74) is 4.96. The Morgan fingerprint density at radius 1 is 1.05 bits per heavy atom. The van der Waals surface area contributed by atoms with Gasteiger partial charge in [0, 0.05) is 20.6 Å². The fourth-order valence-electron chi connectivity index (χ4n) is 2.11. The molecule has 1 unspecified atom stereocenters. The van der Waals surface area contributed by atoms with Gasteiger partial charge in [-0.1, -0.05) is 57.3 Å². The van der Waals surface area contributed by atoms with E-state index in [0.29, 0.717) is 16.5 Å². The van der Waals surface area contributed by atoms with E-state index in [1.165, 1.54) is 5.56 Å². The van der Waals surface area contributed by atoms with Gasteiger partial charge in [0.2, 0.25) is 0 Å². The van der Waals surface area contributed by atoms with Gasteiger partial charge in [0.05, 0.1) is 0 Å². The van der Waals surface area contributed by atoms with Gasteiger partial charge in [-0.15, -0.1) is 0 Å². The lowest BCUT2D eigenvalue weighted by molar-refractivity contribution is 0.522. The second kappa shape index (κ2) is 7.43. The van der Waals surface area contributed by atoms with Crippen LogP contribution in [0.15, 0.2) is 46.9 Å². The molecule has 0 fully saturated rings. The SMILES string of the molecule is NNC(Cc1cccc(Br)c1)Cc1c(Cl)cccc1Cl. The lowest BCUT2D eigenvalue weighted by Gasteiger charge is -2.18. The minimum atomic E-state index is 0.0710. The molecule has 20 heavy (non-hydrogen) atoms. The maximum Gasteiger partial charge on any atom is 0.0453 e. The molecule has 2 aromatic carbocycles. The molecule has 0 aliphatic heterocycles. The summed E-state index contributed by atoms with van der Waals surface area (Å²) in [6.45, 7) is 0. The first-order valence-corrected chi connectivity index (χ1v) is 7.78. The lowest BCUT2D eigenvalue weighted by atomic mass is 9.99. The van der Waals surface area contributed by atoms with Crippen molar-refractivity contribution in [3.05, 3.63) is 68.1 Å². The lowest BCUT2D eigenvalue weighted by Crippen LogP contribution is -2.38. The molecule has 5 heteroatoms. The fraction of sp³-hybridized carbons (Fsp3) is 0.200. The van der Waals surface area contributed by atoms with Crippen molar-refractivity contribution in [3.63, 3.8) is 0 Å². The van der Waals surface area contributed by atoms with Gasteiger partial charge < -0.3 is 0 Å². The molecule has 0 heterocycles. The van der Waals surface area contributed by atoms with E-state index in [9.17, 15) is 0 Å².